The Morgan fingerprint density at radius 2 is 2.16 bits per heavy atom. The molecule has 11 heteroatoms. The van der Waals surface area contributed by atoms with Gasteiger partial charge in [-0.3, -0.25) is 9.48 Å². The summed E-state index contributed by atoms with van der Waals surface area (Å²) < 4.78 is 34.2. The number of halogens is 2. The standard InChI is InChI=1S/C21H29F2N7O2/c1-12(2)17-19(31)27-16-13(3)26-20(28-18(16)29(17)4)24-8-14-9-25-30(10-14)11-15-7-21(22,23)5-6-32-15/h9-10,12,15,17H,5-8,11H2,1-4H3,(H,27,31)(H,24,26,28)/t15?,17-/m0/s1. The van der Waals surface area contributed by atoms with E-state index in [0.717, 1.165) is 5.56 Å². The fourth-order valence-electron chi connectivity index (χ4n) is 4.27. The van der Waals surface area contributed by atoms with Gasteiger partial charge in [0.2, 0.25) is 11.9 Å². The summed E-state index contributed by atoms with van der Waals surface area (Å²) in [6.45, 7) is 6.59. The van der Waals surface area contributed by atoms with E-state index < -0.39 is 12.0 Å². The fraction of sp³-hybridized carbons (Fsp3) is 0.619. The van der Waals surface area contributed by atoms with Crippen LogP contribution in [0.4, 0.5) is 26.2 Å². The molecule has 2 atom stereocenters. The minimum absolute atomic E-state index is 0.0606. The summed E-state index contributed by atoms with van der Waals surface area (Å²) in [5.74, 6) is -1.50. The minimum atomic E-state index is -2.68. The van der Waals surface area contributed by atoms with Crippen LogP contribution in [0.2, 0.25) is 0 Å². The van der Waals surface area contributed by atoms with Gasteiger partial charge in [-0.15, -0.1) is 0 Å². The third-order valence-corrected chi connectivity index (χ3v) is 5.85. The quantitative estimate of drug-likeness (QED) is 0.700. The molecule has 1 unspecified atom stereocenters. The van der Waals surface area contributed by atoms with Crippen molar-refractivity contribution in [3.63, 3.8) is 0 Å². The van der Waals surface area contributed by atoms with Crippen molar-refractivity contribution in [2.75, 3.05) is 29.2 Å². The second-order valence-electron chi connectivity index (χ2n) is 8.85. The van der Waals surface area contributed by atoms with E-state index in [2.05, 4.69) is 25.7 Å². The topological polar surface area (TPSA) is 97.2 Å². The Balaban J connectivity index is 1.42. The Hall–Kier alpha value is -2.82. The van der Waals surface area contributed by atoms with E-state index in [1.165, 1.54) is 0 Å². The Bertz CT molecular complexity index is 995. The first-order chi connectivity index (χ1) is 15.1. The molecule has 1 amide bonds. The summed E-state index contributed by atoms with van der Waals surface area (Å²) in [6, 6.07) is -0.308. The van der Waals surface area contributed by atoms with Crippen molar-refractivity contribution in [1.82, 2.24) is 19.7 Å². The number of hydrogen-bond acceptors (Lipinski definition) is 7. The molecule has 0 aromatic carbocycles. The van der Waals surface area contributed by atoms with Crippen LogP contribution in [0.15, 0.2) is 12.4 Å². The van der Waals surface area contributed by atoms with Crippen LogP contribution in [0.3, 0.4) is 0 Å². The van der Waals surface area contributed by atoms with E-state index in [9.17, 15) is 13.6 Å². The van der Waals surface area contributed by atoms with Gasteiger partial charge in [0.25, 0.3) is 5.92 Å². The molecule has 2 aliphatic rings. The number of amides is 1. The largest absolute Gasteiger partial charge is 0.376 e. The summed E-state index contributed by atoms with van der Waals surface area (Å²) in [4.78, 5) is 23.4. The number of anilines is 3. The van der Waals surface area contributed by atoms with Gasteiger partial charge in [-0.1, -0.05) is 13.8 Å². The van der Waals surface area contributed by atoms with Gasteiger partial charge in [-0.25, -0.2) is 13.8 Å². The Morgan fingerprint density at radius 3 is 2.88 bits per heavy atom. The summed E-state index contributed by atoms with van der Waals surface area (Å²) >= 11 is 0. The zero-order valence-electron chi connectivity index (χ0n) is 18.7. The van der Waals surface area contributed by atoms with Gasteiger partial charge in [0.15, 0.2) is 5.82 Å². The van der Waals surface area contributed by atoms with Crippen LogP contribution in [0.1, 0.15) is 37.9 Å². The number of rotatable bonds is 6. The average Bonchev–Trinajstić information content (AvgIpc) is 3.13. The van der Waals surface area contributed by atoms with E-state index in [0.29, 0.717) is 29.7 Å². The summed E-state index contributed by atoms with van der Waals surface area (Å²) in [5.41, 5.74) is 2.16. The zero-order valence-corrected chi connectivity index (χ0v) is 18.7. The van der Waals surface area contributed by atoms with Gasteiger partial charge >= 0.3 is 0 Å². The summed E-state index contributed by atoms with van der Waals surface area (Å²) in [6.07, 6.45) is 2.42. The Morgan fingerprint density at radius 1 is 1.38 bits per heavy atom. The van der Waals surface area contributed by atoms with Crippen LogP contribution in [0, 0.1) is 12.8 Å². The monoisotopic (exact) mass is 449 g/mol. The first kappa shape index (κ1) is 22.4. The van der Waals surface area contributed by atoms with Crippen LogP contribution in [-0.4, -0.2) is 57.4 Å². The SMILES string of the molecule is Cc1nc(NCc2cnn(CC3CC(F)(F)CCO3)c2)nc2c1NC(=O)[C@H](C(C)C)N2C. The first-order valence-electron chi connectivity index (χ1n) is 10.8. The maximum atomic E-state index is 13.6. The van der Waals surface area contributed by atoms with Crippen molar-refractivity contribution in [3.05, 3.63) is 23.7 Å². The number of fused-ring (bicyclic) bond motifs is 1. The van der Waals surface area contributed by atoms with Crippen molar-refractivity contribution in [1.29, 1.82) is 0 Å². The molecule has 9 nitrogen and oxygen atoms in total. The summed E-state index contributed by atoms with van der Waals surface area (Å²) in [5, 5.41) is 10.4. The normalized spacial score (nSPS) is 22.6. The molecule has 32 heavy (non-hydrogen) atoms. The number of likely N-dealkylation sites (N-methyl/N-ethyl adjacent to an activating group) is 1. The number of hydrogen-bond donors (Lipinski definition) is 2. The van der Waals surface area contributed by atoms with Gasteiger partial charge in [0, 0.05) is 38.2 Å². The van der Waals surface area contributed by atoms with Crippen LogP contribution in [-0.2, 0) is 22.6 Å². The Labute approximate surface area is 185 Å². The fourth-order valence-corrected chi connectivity index (χ4v) is 4.27. The predicted molar refractivity (Wildman–Crippen MR) is 116 cm³/mol. The molecule has 0 spiro atoms. The highest BCUT2D eigenvalue weighted by Gasteiger charge is 2.37. The lowest BCUT2D eigenvalue weighted by atomic mass is 9.99. The third kappa shape index (κ3) is 4.67. The first-order valence-corrected chi connectivity index (χ1v) is 10.8. The molecule has 0 saturated carbocycles. The highest BCUT2D eigenvalue weighted by molar-refractivity contribution is 6.03. The number of alkyl halides is 2. The van der Waals surface area contributed by atoms with E-state index in [4.69, 9.17) is 4.74 Å². The smallest absolute Gasteiger partial charge is 0.252 e. The van der Waals surface area contributed by atoms with E-state index >= 15 is 0 Å². The molecular weight excluding hydrogens is 420 g/mol. The predicted octanol–water partition coefficient (Wildman–Crippen LogP) is 2.82. The average molecular weight is 450 g/mol. The molecule has 1 fully saturated rings. The molecular formula is C21H29F2N7O2. The van der Waals surface area contributed by atoms with Gasteiger partial charge in [0.1, 0.15) is 11.7 Å². The zero-order chi connectivity index (χ0) is 23.0. The molecule has 2 aromatic rings. The van der Waals surface area contributed by atoms with E-state index in [1.807, 2.05) is 32.7 Å². The lowest BCUT2D eigenvalue weighted by Crippen LogP contribution is -2.49. The molecule has 0 radical (unpaired) electrons. The van der Waals surface area contributed by atoms with Crippen molar-refractivity contribution in [3.8, 4) is 0 Å². The molecule has 0 aliphatic carbocycles. The van der Waals surface area contributed by atoms with Gasteiger partial charge < -0.3 is 20.3 Å². The van der Waals surface area contributed by atoms with Crippen molar-refractivity contribution in [2.24, 2.45) is 5.92 Å². The minimum Gasteiger partial charge on any atom is -0.376 e. The molecule has 4 heterocycles. The van der Waals surface area contributed by atoms with Crippen LogP contribution >= 0.6 is 0 Å². The van der Waals surface area contributed by atoms with Gasteiger partial charge in [0.05, 0.1) is 31.1 Å². The van der Waals surface area contributed by atoms with Crippen LogP contribution in [0.25, 0.3) is 0 Å². The van der Waals surface area contributed by atoms with E-state index in [1.54, 1.807) is 17.1 Å². The number of aromatic nitrogens is 4. The van der Waals surface area contributed by atoms with Crippen LogP contribution in [0.5, 0.6) is 0 Å². The number of nitrogens with one attached hydrogen (secondary N) is 2. The lowest BCUT2D eigenvalue weighted by molar-refractivity contribution is -0.131. The van der Waals surface area contributed by atoms with Crippen LogP contribution < -0.4 is 15.5 Å². The number of ether oxygens (including phenoxy) is 1. The van der Waals surface area contributed by atoms with Crippen molar-refractivity contribution >= 4 is 23.4 Å². The number of carbonyl (C=O) groups excluding carboxylic acids is 1. The molecule has 174 valence electrons. The molecule has 0 bridgehead atoms. The van der Waals surface area contributed by atoms with Gasteiger partial charge in [-0.05, 0) is 12.8 Å². The van der Waals surface area contributed by atoms with Crippen molar-refractivity contribution in [2.45, 2.75) is 64.8 Å². The second-order valence-corrected chi connectivity index (χ2v) is 8.85. The molecule has 2 aliphatic heterocycles. The summed E-state index contributed by atoms with van der Waals surface area (Å²) in [7, 11) is 1.86. The van der Waals surface area contributed by atoms with E-state index in [-0.39, 0.29) is 43.9 Å². The highest BCUT2D eigenvalue weighted by atomic mass is 19.3. The maximum absolute atomic E-state index is 13.6. The van der Waals surface area contributed by atoms with Crippen molar-refractivity contribution < 1.29 is 18.3 Å². The molecule has 4 rings (SSSR count). The molecule has 2 aromatic heterocycles. The number of aryl methyl sites for hydroxylation is 1. The Kier molecular flexibility index (Phi) is 6.02. The third-order valence-electron chi connectivity index (χ3n) is 5.85. The molecule has 1 saturated heterocycles. The lowest BCUT2D eigenvalue weighted by Gasteiger charge is -2.36. The second kappa shape index (κ2) is 8.61. The van der Waals surface area contributed by atoms with Gasteiger partial charge in [-0.2, -0.15) is 10.1 Å². The number of carbonyl (C=O) groups is 1. The maximum Gasteiger partial charge on any atom is 0.252 e. The highest BCUT2D eigenvalue weighted by Crippen LogP contribution is 2.34. The molecule has 2 N–H and O–H groups in total. The number of nitrogens with zero attached hydrogens (tertiary/aromatic N) is 5.